The van der Waals surface area contributed by atoms with E-state index in [2.05, 4.69) is 5.32 Å². The number of carbonyl (C=O) groups excluding carboxylic acids is 2. The number of nitrogens with zero attached hydrogens (tertiary/aromatic N) is 1. The van der Waals surface area contributed by atoms with Gasteiger partial charge in [0.05, 0.1) is 5.02 Å². The predicted octanol–water partition coefficient (Wildman–Crippen LogP) is 4.80. The van der Waals surface area contributed by atoms with Gasteiger partial charge in [0.15, 0.2) is 0 Å². The summed E-state index contributed by atoms with van der Waals surface area (Å²) in [5, 5.41) is 2.75. The maximum atomic E-state index is 14.4. The van der Waals surface area contributed by atoms with Crippen LogP contribution in [0.5, 0.6) is 0 Å². The molecule has 0 aliphatic carbocycles. The highest BCUT2D eigenvalue weighted by molar-refractivity contribution is 6.31. The van der Waals surface area contributed by atoms with Gasteiger partial charge in [-0.25, -0.2) is 4.39 Å². The summed E-state index contributed by atoms with van der Waals surface area (Å²) in [6, 6.07) is 11.3. The minimum atomic E-state index is -5.00. The van der Waals surface area contributed by atoms with Crippen molar-refractivity contribution in [2.45, 2.75) is 37.0 Å². The van der Waals surface area contributed by atoms with Crippen LogP contribution in [-0.2, 0) is 19.9 Å². The number of hydrogen-bond acceptors (Lipinski definition) is 3. The predicted molar refractivity (Wildman–Crippen MR) is 121 cm³/mol. The molecule has 2 aromatic rings. The molecule has 5 nitrogen and oxygen atoms in total. The lowest BCUT2D eigenvalue weighted by Gasteiger charge is -2.50. The average Bonchev–Trinajstić information content (AvgIpc) is 2.82. The summed E-state index contributed by atoms with van der Waals surface area (Å²) in [6.45, 7) is 0.206. The normalized spacial score (nSPS) is 21.9. The van der Waals surface area contributed by atoms with E-state index in [4.69, 9.17) is 16.3 Å². The van der Waals surface area contributed by atoms with Crippen LogP contribution < -0.4 is 5.32 Å². The number of nitrogens with one attached hydrogen (secondary N) is 1. The molecule has 0 saturated carbocycles. The second-order valence-electron chi connectivity index (χ2n) is 9.08. The Labute approximate surface area is 205 Å². The van der Waals surface area contributed by atoms with Gasteiger partial charge in [-0.3, -0.25) is 9.59 Å². The van der Waals surface area contributed by atoms with Crippen LogP contribution in [0.15, 0.2) is 48.5 Å². The Kier molecular flexibility index (Phi) is 6.85. The van der Waals surface area contributed by atoms with Crippen molar-refractivity contribution in [3.63, 3.8) is 0 Å². The van der Waals surface area contributed by atoms with Crippen molar-refractivity contribution in [1.82, 2.24) is 10.2 Å². The molecule has 4 rings (SSSR count). The second kappa shape index (κ2) is 9.43. The summed E-state index contributed by atoms with van der Waals surface area (Å²) in [4.78, 5) is 26.9. The smallest absolute Gasteiger partial charge is 0.356 e. The molecule has 2 amide bonds. The number of alkyl halides is 3. The van der Waals surface area contributed by atoms with Crippen LogP contribution >= 0.6 is 11.6 Å². The Balaban J connectivity index is 1.64. The zero-order chi connectivity index (χ0) is 25.4. The van der Waals surface area contributed by atoms with Crippen LogP contribution in [0, 0.1) is 11.2 Å². The largest absolute Gasteiger partial charge is 0.430 e. The maximum Gasteiger partial charge on any atom is 0.430 e. The number of rotatable bonds is 4. The number of benzene rings is 2. The van der Waals surface area contributed by atoms with Crippen LogP contribution in [0.3, 0.4) is 0 Å². The van der Waals surface area contributed by atoms with Gasteiger partial charge in [-0.15, -0.1) is 0 Å². The third-order valence-electron chi connectivity index (χ3n) is 7.35. The lowest BCUT2D eigenvalue weighted by Crippen LogP contribution is -2.60. The summed E-state index contributed by atoms with van der Waals surface area (Å²) in [5.41, 5.74) is -3.58. The Morgan fingerprint density at radius 1 is 1.11 bits per heavy atom. The van der Waals surface area contributed by atoms with Gasteiger partial charge in [-0.05, 0) is 29.9 Å². The van der Waals surface area contributed by atoms with E-state index in [1.807, 2.05) is 0 Å². The van der Waals surface area contributed by atoms with Crippen LogP contribution in [0.25, 0.3) is 0 Å². The maximum absolute atomic E-state index is 14.4. The molecule has 0 unspecified atom stereocenters. The van der Waals surface area contributed by atoms with Crippen LogP contribution in [0.4, 0.5) is 17.6 Å². The topological polar surface area (TPSA) is 58.6 Å². The van der Waals surface area contributed by atoms with Crippen molar-refractivity contribution in [3.05, 3.63) is 70.5 Å². The van der Waals surface area contributed by atoms with Gasteiger partial charge in [0, 0.05) is 44.6 Å². The molecule has 188 valence electrons. The monoisotopic (exact) mass is 512 g/mol. The number of hydrogen-bond donors (Lipinski definition) is 1. The standard InChI is InChI=1S/C25H25ClF4N2O3/c1-35-24(25(28,29)30,16-6-3-2-4-7-16)22(34)32-12-10-23(11-13-32)14-20(33)31-15-18(23)17-8-5-9-19(27)21(17)26/h2-9,18H,10-15H2,1H3,(H,31,33)/t18-,24+/m0/s1. The molecule has 10 heteroatoms. The van der Waals surface area contributed by atoms with E-state index in [9.17, 15) is 27.2 Å². The first-order chi connectivity index (χ1) is 16.6. The van der Waals surface area contributed by atoms with Crippen LogP contribution in [-0.4, -0.2) is 49.6 Å². The van der Waals surface area contributed by atoms with Crippen molar-refractivity contribution in [3.8, 4) is 0 Å². The fourth-order valence-electron chi connectivity index (χ4n) is 5.47. The molecule has 2 aliphatic heterocycles. The van der Waals surface area contributed by atoms with Gasteiger partial charge >= 0.3 is 6.18 Å². The number of halogens is 5. The van der Waals surface area contributed by atoms with Gasteiger partial charge in [-0.2, -0.15) is 13.2 Å². The molecule has 0 bridgehead atoms. The average molecular weight is 513 g/mol. The van der Waals surface area contributed by atoms with Crippen LogP contribution in [0.2, 0.25) is 5.02 Å². The molecule has 2 saturated heterocycles. The minimum Gasteiger partial charge on any atom is -0.356 e. The van der Waals surface area contributed by atoms with E-state index < -0.39 is 28.9 Å². The molecule has 2 heterocycles. The quantitative estimate of drug-likeness (QED) is 0.599. The molecule has 2 fully saturated rings. The van der Waals surface area contributed by atoms with E-state index in [1.165, 1.54) is 36.4 Å². The van der Waals surface area contributed by atoms with Crippen molar-refractivity contribution < 1.29 is 31.9 Å². The molecule has 0 radical (unpaired) electrons. The number of carbonyl (C=O) groups is 2. The third-order valence-corrected chi connectivity index (χ3v) is 7.74. The molecular formula is C25H25ClF4N2O3. The molecule has 1 N–H and O–H groups in total. The van der Waals surface area contributed by atoms with E-state index in [-0.39, 0.29) is 61.3 Å². The number of amides is 2. The first-order valence-corrected chi connectivity index (χ1v) is 11.6. The number of piperidine rings is 2. The molecule has 2 atom stereocenters. The summed E-state index contributed by atoms with van der Waals surface area (Å²) in [7, 11) is 0.872. The molecule has 2 aliphatic rings. The zero-order valence-corrected chi connectivity index (χ0v) is 19.8. The van der Waals surface area contributed by atoms with Crippen LogP contribution in [0.1, 0.15) is 36.3 Å². The Bertz CT molecular complexity index is 1100. The van der Waals surface area contributed by atoms with Crippen molar-refractivity contribution in [1.29, 1.82) is 0 Å². The molecular weight excluding hydrogens is 488 g/mol. The molecule has 2 aromatic carbocycles. The third kappa shape index (κ3) is 4.29. The number of ether oxygens (including phenoxy) is 1. The Morgan fingerprint density at radius 3 is 2.37 bits per heavy atom. The zero-order valence-electron chi connectivity index (χ0n) is 19.0. The summed E-state index contributed by atoms with van der Waals surface area (Å²) in [5.74, 6) is -2.32. The lowest BCUT2D eigenvalue weighted by molar-refractivity contribution is -0.271. The SMILES string of the molecule is CO[C@@](C(=O)N1CCC2(CC1)CC(=O)NC[C@H]2c1cccc(F)c1Cl)(c1ccccc1)C(F)(F)F. The fraction of sp³-hybridized carbons (Fsp3) is 0.440. The van der Waals surface area contributed by atoms with Crippen molar-refractivity contribution in [2.75, 3.05) is 26.7 Å². The number of methoxy groups -OCH3 is 1. The highest BCUT2D eigenvalue weighted by Crippen LogP contribution is 2.51. The van der Waals surface area contributed by atoms with Crippen molar-refractivity contribution in [2.24, 2.45) is 5.41 Å². The first-order valence-electron chi connectivity index (χ1n) is 11.2. The van der Waals surface area contributed by atoms with Gasteiger partial charge in [0.2, 0.25) is 5.91 Å². The minimum absolute atomic E-state index is 0.0103. The van der Waals surface area contributed by atoms with E-state index in [0.717, 1.165) is 12.0 Å². The van der Waals surface area contributed by atoms with E-state index in [1.54, 1.807) is 12.1 Å². The van der Waals surface area contributed by atoms with E-state index in [0.29, 0.717) is 5.56 Å². The molecule has 1 spiro atoms. The van der Waals surface area contributed by atoms with E-state index >= 15 is 0 Å². The first kappa shape index (κ1) is 25.4. The van der Waals surface area contributed by atoms with Gasteiger partial charge in [-0.1, -0.05) is 54.1 Å². The highest BCUT2D eigenvalue weighted by Gasteiger charge is 2.64. The summed E-state index contributed by atoms with van der Waals surface area (Å²) >= 11 is 6.25. The Hall–Kier alpha value is -2.65. The fourth-order valence-corrected chi connectivity index (χ4v) is 5.73. The highest BCUT2D eigenvalue weighted by atomic mass is 35.5. The summed E-state index contributed by atoms with van der Waals surface area (Å²) in [6.07, 6.45) is -4.37. The second-order valence-corrected chi connectivity index (χ2v) is 9.46. The number of likely N-dealkylation sites (tertiary alicyclic amines) is 1. The van der Waals surface area contributed by atoms with Gasteiger partial charge in [0.25, 0.3) is 11.5 Å². The lowest BCUT2D eigenvalue weighted by atomic mass is 9.62. The van der Waals surface area contributed by atoms with Crippen molar-refractivity contribution >= 4 is 23.4 Å². The van der Waals surface area contributed by atoms with Gasteiger partial charge < -0.3 is 15.0 Å². The Morgan fingerprint density at radius 2 is 1.77 bits per heavy atom. The summed E-state index contributed by atoms with van der Waals surface area (Å²) < 4.78 is 62.2. The van der Waals surface area contributed by atoms with Gasteiger partial charge in [0.1, 0.15) is 5.82 Å². The molecule has 35 heavy (non-hydrogen) atoms. The molecule has 0 aromatic heterocycles.